The molecule has 1 aromatic rings. The van der Waals surface area contributed by atoms with Gasteiger partial charge in [0.2, 0.25) is 5.82 Å². The molecule has 3 N–H and O–H groups in total. The third-order valence-electron chi connectivity index (χ3n) is 3.54. The minimum atomic E-state index is -1.26. The summed E-state index contributed by atoms with van der Waals surface area (Å²) in [5, 5.41) is 31.6. The molecule has 0 aromatic carbocycles. The van der Waals surface area contributed by atoms with Crippen LogP contribution in [-0.2, 0) is 0 Å². The fraction of sp³-hybridized carbons (Fsp3) is 0.500. The Balaban J connectivity index is 2.15. The molecule has 1 saturated carbocycles. The van der Waals surface area contributed by atoms with E-state index in [1.807, 2.05) is 0 Å². The number of nitrogens with one attached hydrogen (secondary N) is 1. The summed E-state index contributed by atoms with van der Waals surface area (Å²) >= 11 is 0. The predicted molar refractivity (Wildman–Crippen MR) is 69.7 cm³/mol. The van der Waals surface area contributed by atoms with E-state index in [0.29, 0.717) is 13.0 Å². The fourth-order valence-electron chi connectivity index (χ4n) is 2.05. The Labute approximate surface area is 114 Å². The van der Waals surface area contributed by atoms with Crippen molar-refractivity contribution in [1.29, 1.82) is 0 Å². The number of hydrogen-bond acceptors (Lipinski definition) is 6. The normalized spacial score (nSPS) is 15.7. The molecule has 0 unspecified atom stereocenters. The van der Waals surface area contributed by atoms with Gasteiger partial charge in [-0.1, -0.05) is 0 Å². The topological polar surface area (TPSA) is 126 Å². The first-order valence-electron chi connectivity index (χ1n) is 6.20. The van der Waals surface area contributed by atoms with E-state index in [0.717, 1.165) is 25.1 Å². The molecule has 1 aromatic heterocycles. The van der Waals surface area contributed by atoms with Gasteiger partial charge in [-0.3, -0.25) is 10.1 Å². The van der Waals surface area contributed by atoms with Gasteiger partial charge in [-0.2, -0.15) is 0 Å². The molecule has 1 heterocycles. The maximum atomic E-state index is 11.0. The number of carboxylic acid groups (broad SMARTS) is 1. The largest absolute Gasteiger partial charge is 0.478 e. The fourth-order valence-corrected chi connectivity index (χ4v) is 2.05. The maximum absolute atomic E-state index is 11.0. The van der Waals surface area contributed by atoms with Crippen LogP contribution in [0.1, 0.15) is 29.6 Å². The summed E-state index contributed by atoms with van der Waals surface area (Å²) in [6.07, 6.45) is 3.65. The van der Waals surface area contributed by atoms with Crippen molar-refractivity contribution in [1.82, 2.24) is 4.98 Å². The van der Waals surface area contributed by atoms with Crippen LogP contribution in [0.3, 0.4) is 0 Å². The third-order valence-corrected chi connectivity index (χ3v) is 3.54. The Bertz CT molecular complexity index is 542. The molecule has 0 spiro atoms. The van der Waals surface area contributed by atoms with E-state index in [4.69, 9.17) is 10.2 Å². The average molecular weight is 281 g/mol. The molecule has 1 aliphatic rings. The minimum Gasteiger partial charge on any atom is -0.478 e. The molecule has 1 aliphatic carbocycles. The number of carboxylic acids is 1. The van der Waals surface area contributed by atoms with Crippen molar-refractivity contribution in [2.75, 3.05) is 18.5 Å². The van der Waals surface area contributed by atoms with E-state index in [2.05, 4.69) is 10.3 Å². The number of nitrogens with zero attached hydrogens (tertiary/aromatic N) is 2. The molecule has 0 atom stereocenters. The van der Waals surface area contributed by atoms with Crippen LogP contribution in [0.2, 0.25) is 0 Å². The number of aliphatic hydroxyl groups excluding tert-OH is 1. The van der Waals surface area contributed by atoms with Crippen LogP contribution in [0, 0.1) is 15.5 Å². The lowest BCUT2D eigenvalue weighted by molar-refractivity contribution is -0.384. The number of carbonyl (C=O) groups is 1. The lowest BCUT2D eigenvalue weighted by Crippen LogP contribution is -2.18. The van der Waals surface area contributed by atoms with E-state index >= 15 is 0 Å². The Morgan fingerprint density at radius 3 is 2.75 bits per heavy atom. The molecule has 108 valence electrons. The van der Waals surface area contributed by atoms with Crippen LogP contribution in [0.5, 0.6) is 0 Å². The monoisotopic (exact) mass is 281 g/mol. The summed E-state index contributed by atoms with van der Waals surface area (Å²) in [5.74, 6) is -1.20. The van der Waals surface area contributed by atoms with Gasteiger partial charge in [0.15, 0.2) is 0 Å². The van der Waals surface area contributed by atoms with Crippen LogP contribution in [0.15, 0.2) is 12.3 Å². The van der Waals surface area contributed by atoms with Crippen LogP contribution in [0.25, 0.3) is 0 Å². The molecule has 0 amide bonds. The van der Waals surface area contributed by atoms with Crippen LogP contribution >= 0.6 is 0 Å². The number of aliphatic hydroxyl groups is 1. The Morgan fingerprint density at radius 2 is 2.25 bits per heavy atom. The predicted octanol–water partition coefficient (Wildman–Crippen LogP) is 1.26. The summed E-state index contributed by atoms with van der Waals surface area (Å²) in [4.78, 5) is 24.9. The van der Waals surface area contributed by atoms with E-state index in [1.165, 1.54) is 0 Å². The lowest BCUT2D eigenvalue weighted by atomic mass is 10.0. The lowest BCUT2D eigenvalue weighted by Gasteiger charge is -2.14. The zero-order chi connectivity index (χ0) is 14.8. The number of rotatable bonds is 7. The summed E-state index contributed by atoms with van der Waals surface area (Å²) in [5.41, 5.74) is -0.598. The smallest absolute Gasteiger partial charge is 0.337 e. The molecule has 0 bridgehead atoms. The van der Waals surface area contributed by atoms with Crippen molar-refractivity contribution in [3.05, 3.63) is 27.9 Å². The van der Waals surface area contributed by atoms with Crippen molar-refractivity contribution in [3.8, 4) is 0 Å². The second-order valence-corrected chi connectivity index (χ2v) is 4.98. The molecular formula is C12H15N3O5. The van der Waals surface area contributed by atoms with Crippen molar-refractivity contribution < 1.29 is 19.9 Å². The van der Waals surface area contributed by atoms with Gasteiger partial charge in [0.05, 0.1) is 10.5 Å². The Morgan fingerprint density at radius 1 is 1.55 bits per heavy atom. The van der Waals surface area contributed by atoms with E-state index < -0.39 is 10.9 Å². The highest BCUT2D eigenvalue weighted by atomic mass is 16.6. The summed E-state index contributed by atoms with van der Waals surface area (Å²) in [7, 11) is 0. The van der Waals surface area contributed by atoms with Crippen LogP contribution in [-0.4, -0.2) is 39.2 Å². The molecule has 8 nitrogen and oxygen atoms in total. The summed E-state index contributed by atoms with van der Waals surface area (Å²) in [6, 6.07) is 0.989. The zero-order valence-electron chi connectivity index (χ0n) is 10.7. The van der Waals surface area contributed by atoms with Crippen molar-refractivity contribution in [2.45, 2.75) is 19.3 Å². The number of aromatic nitrogens is 1. The summed E-state index contributed by atoms with van der Waals surface area (Å²) in [6.45, 7) is 0.559. The van der Waals surface area contributed by atoms with Gasteiger partial charge in [0.1, 0.15) is 0 Å². The second kappa shape index (κ2) is 5.41. The van der Waals surface area contributed by atoms with Gasteiger partial charge in [-0.05, 0) is 24.7 Å². The maximum Gasteiger partial charge on any atom is 0.337 e. The first-order valence-corrected chi connectivity index (χ1v) is 6.20. The molecule has 20 heavy (non-hydrogen) atoms. The number of anilines is 1. The second-order valence-electron chi connectivity index (χ2n) is 4.98. The summed E-state index contributed by atoms with van der Waals surface area (Å²) < 4.78 is 0. The molecular weight excluding hydrogens is 266 g/mol. The van der Waals surface area contributed by atoms with Gasteiger partial charge < -0.3 is 15.5 Å². The van der Waals surface area contributed by atoms with Crippen molar-refractivity contribution >= 4 is 17.5 Å². The highest BCUT2D eigenvalue weighted by molar-refractivity contribution is 5.88. The quantitative estimate of drug-likeness (QED) is 0.507. The first-order chi connectivity index (χ1) is 9.47. The van der Waals surface area contributed by atoms with Crippen LogP contribution < -0.4 is 5.32 Å². The Kier molecular flexibility index (Phi) is 3.84. The highest BCUT2D eigenvalue weighted by Crippen LogP contribution is 2.48. The van der Waals surface area contributed by atoms with Crippen LogP contribution in [0.4, 0.5) is 11.5 Å². The SMILES string of the molecule is O=C(O)c1cnc(NCC2(CCO)CC2)c([N+](=O)[O-])c1. The van der Waals surface area contributed by atoms with Gasteiger partial charge in [-0.15, -0.1) is 0 Å². The third kappa shape index (κ3) is 3.02. The van der Waals surface area contributed by atoms with Gasteiger partial charge in [0.25, 0.3) is 0 Å². The first kappa shape index (κ1) is 14.2. The van der Waals surface area contributed by atoms with Gasteiger partial charge in [0, 0.05) is 25.4 Å². The molecule has 1 fully saturated rings. The Hall–Kier alpha value is -2.22. The molecule has 8 heteroatoms. The van der Waals surface area contributed by atoms with E-state index in [1.54, 1.807) is 0 Å². The van der Waals surface area contributed by atoms with E-state index in [-0.39, 0.29) is 29.1 Å². The zero-order valence-corrected chi connectivity index (χ0v) is 10.7. The average Bonchev–Trinajstić information content (AvgIpc) is 3.16. The van der Waals surface area contributed by atoms with Crippen molar-refractivity contribution in [2.24, 2.45) is 5.41 Å². The van der Waals surface area contributed by atoms with Gasteiger partial charge >= 0.3 is 11.7 Å². The molecule has 0 aliphatic heterocycles. The highest BCUT2D eigenvalue weighted by Gasteiger charge is 2.42. The standard InChI is InChI=1S/C12H15N3O5/c16-4-3-12(1-2-12)7-14-10-9(15(19)20)5-8(6-13-10)11(17)18/h5-6,16H,1-4,7H2,(H,13,14)(H,17,18). The van der Waals surface area contributed by atoms with Crippen molar-refractivity contribution in [3.63, 3.8) is 0 Å². The number of hydrogen-bond donors (Lipinski definition) is 3. The molecule has 2 rings (SSSR count). The van der Waals surface area contributed by atoms with Gasteiger partial charge in [-0.25, -0.2) is 9.78 Å². The minimum absolute atomic E-state index is 0.0181. The van der Waals surface area contributed by atoms with E-state index in [9.17, 15) is 14.9 Å². The number of aromatic carboxylic acids is 1. The molecule has 0 saturated heterocycles. The number of nitro groups is 1. The number of pyridine rings is 1. The molecule has 0 radical (unpaired) electrons.